The molecule has 30 heavy (non-hydrogen) atoms. The van der Waals surface area contributed by atoms with E-state index in [-0.39, 0.29) is 6.10 Å². The second kappa shape index (κ2) is 6.70. The quantitative estimate of drug-likeness (QED) is 0.559. The van der Waals surface area contributed by atoms with Gasteiger partial charge in [-0.1, -0.05) is 40.5 Å². The van der Waals surface area contributed by atoms with E-state index in [0.717, 1.165) is 36.6 Å². The molecule has 0 aromatic rings. The monoisotopic (exact) mass is 415 g/mol. The van der Waals surface area contributed by atoms with Crippen LogP contribution in [0.15, 0.2) is 0 Å². The van der Waals surface area contributed by atoms with Gasteiger partial charge in [-0.2, -0.15) is 0 Å². The van der Waals surface area contributed by atoms with Crippen molar-refractivity contribution in [1.82, 2.24) is 5.32 Å². The van der Waals surface area contributed by atoms with Crippen LogP contribution < -0.4 is 5.32 Å². The summed E-state index contributed by atoms with van der Waals surface area (Å²) in [4.78, 5) is 0. The summed E-state index contributed by atoms with van der Waals surface area (Å²) in [6.45, 7) is 10.9. The highest BCUT2D eigenvalue weighted by molar-refractivity contribution is 5.17. The first-order valence-corrected chi connectivity index (χ1v) is 13.4. The third-order valence-electron chi connectivity index (χ3n) is 12.1. The summed E-state index contributed by atoms with van der Waals surface area (Å²) in [6, 6.07) is 0. The Hall–Kier alpha value is -0.120. The van der Waals surface area contributed by atoms with Gasteiger partial charge in [0.2, 0.25) is 0 Å². The van der Waals surface area contributed by atoms with E-state index in [2.05, 4.69) is 33.0 Å². The Morgan fingerprint density at radius 1 is 0.900 bits per heavy atom. The smallest absolute Gasteiger partial charge is 0.148 e. The Morgan fingerprint density at radius 3 is 2.53 bits per heavy atom. The molecule has 0 aromatic carbocycles. The van der Waals surface area contributed by atoms with Crippen LogP contribution in [-0.4, -0.2) is 29.6 Å². The van der Waals surface area contributed by atoms with Gasteiger partial charge in [0.15, 0.2) is 0 Å². The molecule has 6 rings (SSSR count). The third-order valence-corrected chi connectivity index (χ3v) is 12.1. The molecule has 0 bridgehead atoms. The minimum Gasteiger partial charge on any atom is -0.389 e. The van der Waals surface area contributed by atoms with Crippen molar-refractivity contribution in [3.63, 3.8) is 0 Å². The van der Waals surface area contributed by atoms with Crippen molar-refractivity contribution >= 4 is 0 Å². The lowest BCUT2D eigenvalue weighted by Gasteiger charge is -2.61. The van der Waals surface area contributed by atoms with E-state index in [9.17, 15) is 5.11 Å². The number of rotatable bonds is 0. The average molecular weight is 416 g/mol. The normalized spacial score (nSPS) is 62.5. The summed E-state index contributed by atoms with van der Waals surface area (Å²) >= 11 is 0. The Morgan fingerprint density at radius 2 is 1.73 bits per heavy atom. The number of piperidine rings is 1. The van der Waals surface area contributed by atoms with Crippen LogP contribution in [0.1, 0.15) is 91.9 Å². The Kier molecular flexibility index (Phi) is 4.58. The molecule has 0 aromatic heterocycles. The number of aliphatic hydroxyl groups excluding tert-OH is 1. The molecule has 6 aliphatic rings. The highest BCUT2D eigenvalue weighted by atomic mass is 16.5. The number of aliphatic hydroxyl groups is 1. The zero-order chi connectivity index (χ0) is 20.9. The lowest BCUT2D eigenvalue weighted by atomic mass is 9.44. The third kappa shape index (κ3) is 2.49. The first-order valence-electron chi connectivity index (χ1n) is 13.4. The Bertz CT molecular complexity index is 696. The molecule has 3 heteroatoms. The van der Waals surface area contributed by atoms with Gasteiger partial charge in [0.1, 0.15) is 5.72 Å². The van der Waals surface area contributed by atoms with Crippen LogP contribution in [0.2, 0.25) is 0 Å². The molecule has 4 aliphatic carbocycles. The highest BCUT2D eigenvalue weighted by Gasteiger charge is 2.69. The zero-order valence-electron chi connectivity index (χ0n) is 19.8. The van der Waals surface area contributed by atoms with E-state index < -0.39 is 5.72 Å². The van der Waals surface area contributed by atoms with E-state index in [1.165, 1.54) is 57.8 Å². The van der Waals surface area contributed by atoms with Crippen molar-refractivity contribution in [1.29, 1.82) is 0 Å². The van der Waals surface area contributed by atoms with E-state index in [1.54, 1.807) is 0 Å². The maximum atomic E-state index is 11.1. The van der Waals surface area contributed by atoms with Crippen molar-refractivity contribution in [3.05, 3.63) is 0 Å². The van der Waals surface area contributed by atoms with Gasteiger partial charge in [-0.15, -0.1) is 0 Å². The number of fused-ring (bicyclic) bond motifs is 7. The second-order valence-corrected chi connectivity index (χ2v) is 13.2. The Balaban J connectivity index is 1.28. The molecule has 2 saturated heterocycles. The highest BCUT2D eigenvalue weighted by Crippen LogP contribution is 2.71. The van der Waals surface area contributed by atoms with Gasteiger partial charge in [-0.05, 0) is 97.7 Å². The van der Waals surface area contributed by atoms with Crippen molar-refractivity contribution in [2.75, 3.05) is 6.54 Å². The first kappa shape index (κ1) is 20.5. The van der Waals surface area contributed by atoms with Crippen LogP contribution in [0.3, 0.4) is 0 Å². The van der Waals surface area contributed by atoms with E-state index in [1.807, 2.05) is 0 Å². The summed E-state index contributed by atoms with van der Waals surface area (Å²) < 4.78 is 6.89. The Labute approximate surface area is 184 Å². The molecule has 2 N–H and O–H groups in total. The fraction of sp³-hybridized carbons (Fsp3) is 1.00. The van der Waals surface area contributed by atoms with Gasteiger partial charge < -0.3 is 9.84 Å². The van der Waals surface area contributed by atoms with Crippen LogP contribution in [0, 0.1) is 52.3 Å². The first-order chi connectivity index (χ1) is 14.3. The summed E-state index contributed by atoms with van der Waals surface area (Å²) in [5.41, 5.74) is 0.530. The van der Waals surface area contributed by atoms with E-state index >= 15 is 0 Å². The number of nitrogens with one attached hydrogen (secondary N) is 1. The molecule has 12 atom stereocenters. The predicted octanol–water partition coefficient (Wildman–Crippen LogP) is 5.37. The van der Waals surface area contributed by atoms with Gasteiger partial charge in [-0.3, -0.25) is 5.32 Å². The summed E-state index contributed by atoms with van der Waals surface area (Å²) in [5, 5.41) is 14.8. The standard InChI is InChI=1S/C27H45NO2/c1-16-13-23(29)27(28-15-16)17(2)24-22(30-27)14-21-19-9-8-18-7-5-6-11-25(18,3)20(19)10-12-26(21,24)4/h16-24,28-29H,5-15H2,1-4H3/t16?,17-,18?,19+,20-,21-,22-,23?,24-,25-,26-,27+/m0/s1. The van der Waals surface area contributed by atoms with Crippen molar-refractivity contribution < 1.29 is 9.84 Å². The molecule has 2 aliphatic heterocycles. The summed E-state index contributed by atoms with van der Waals surface area (Å²) in [7, 11) is 0. The van der Waals surface area contributed by atoms with Gasteiger partial charge in [0, 0.05) is 12.5 Å². The molecule has 0 radical (unpaired) electrons. The van der Waals surface area contributed by atoms with Crippen LogP contribution in [-0.2, 0) is 4.74 Å². The maximum absolute atomic E-state index is 11.1. The second-order valence-electron chi connectivity index (χ2n) is 13.2. The minimum absolute atomic E-state index is 0.348. The maximum Gasteiger partial charge on any atom is 0.148 e. The fourth-order valence-electron chi connectivity index (χ4n) is 10.6. The zero-order valence-corrected chi connectivity index (χ0v) is 19.8. The van der Waals surface area contributed by atoms with Crippen molar-refractivity contribution in [2.24, 2.45) is 52.3 Å². The lowest BCUT2D eigenvalue weighted by molar-refractivity contribution is -0.179. The number of hydrogen-bond acceptors (Lipinski definition) is 3. The topological polar surface area (TPSA) is 41.5 Å². The predicted molar refractivity (Wildman–Crippen MR) is 120 cm³/mol. The largest absolute Gasteiger partial charge is 0.389 e. The number of ether oxygens (including phenoxy) is 1. The average Bonchev–Trinajstić information content (AvgIpc) is 3.16. The van der Waals surface area contributed by atoms with Crippen molar-refractivity contribution in [3.8, 4) is 0 Å². The van der Waals surface area contributed by atoms with Gasteiger partial charge in [-0.25, -0.2) is 0 Å². The molecule has 170 valence electrons. The molecule has 1 spiro atoms. The molecular formula is C27H45NO2. The SMILES string of the molecule is CC1CN[C@]2(O[C@H]3C[C@H]4[C@@H]5CCC6CCCC[C@]6(C)[C@H]5CC[C@]4(C)[C@H]3[C@@H]2C)C(O)C1. The summed E-state index contributed by atoms with van der Waals surface area (Å²) in [6.07, 6.45) is 13.8. The van der Waals surface area contributed by atoms with Gasteiger partial charge in [0.25, 0.3) is 0 Å². The summed E-state index contributed by atoms with van der Waals surface area (Å²) in [5.74, 6) is 5.26. The van der Waals surface area contributed by atoms with E-state index in [0.29, 0.717) is 34.7 Å². The molecule has 6 fully saturated rings. The molecule has 2 heterocycles. The molecular weight excluding hydrogens is 370 g/mol. The van der Waals surface area contributed by atoms with E-state index in [4.69, 9.17) is 4.74 Å². The molecule has 3 unspecified atom stereocenters. The van der Waals surface area contributed by atoms with Crippen LogP contribution in [0.4, 0.5) is 0 Å². The van der Waals surface area contributed by atoms with Crippen LogP contribution >= 0.6 is 0 Å². The van der Waals surface area contributed by atoms with Crippen molar-refractivity contribution in [2.45, 2.75) is 110 Å². The van der Waals surface area contributed by atoms with Crippen LogP contribution in [0.5, 0.6) is 0 Å². The molecule has 0 amide bonds. The number of hydrogen-bond donors (Lipinski definition) is 2. The van der Waals surface area contributed by atoms with Gasteiger partial charge in [0.05, 0.1) is 12.2 Å². The fourth-order valence-corrected chi connectivity index (χ4v) is 10.6. The molecule has 3 nitrogen and oxygen atoms in total. The van der Waals surface area contributed by atoms with Gasteiger partial charge >= 0.3 is 0 Å². The lowest BCUT2D eigenvalue weighted by Crippen LogP contribution is -2.64. The van der Waals surface area contributed by atoms with Crippen LogP contribution in [0.25, 0.3) is 0 Å². The molecule has 4 saturated carbocycles. The minimum atomic E-state index is -0.486.